The van der Waals surface area contributed by atoms with Gasteiger partial charge >= 0.3 is 0 Å². The van der Waals surface area contributed by atoms with E-state index in [1.807, 2.05) is 13.0 Å². The summed E-state index contributed by atoms with van der Waals surface area (Å²) in [5.41, 5.74) is 2.38. The van der Waals surface area contributed by atoms with Crippen molar-refractivity contribution in [3.05, 3.63) is 75.1 Å². The summed E-state index contributed by atoms with van der Waals surface area (Å²) in [7, 11) is 1.65. The molecular formula is C18H21FN4O2. The van der Waals surface area contributed by atoms with Crippen molar-refractivity contribution in [2.24, 2.45) is 4.99 Å². The van der Waals surface area contributed by atoms with E-state index in [1.165, 1.54) is 18.2 Å². The van der Waals surface area contributed by atoms with Crippen molar-refractivity contribution < 1.29 is 9.31 Å². The number of nitrogens with zero attached hydrogens (tertiary/aromatic N) is 2. The van der Waals surface area contributed by atoms with Crippen LogP contribution in [0.15, 0.2) is 47.5 Å². The third-order valence-corrected chi connectivity index (χ3v) is 3.88. The van der Waals surface area contributed by atoms with E-state index in [0.29, 0.717) is 18.1 Å². The quantitative estimate of drug-likeness (QED) is 0.377. The maximum Gasteiger partial charge on any atom is 0.269 e. The molecule has 0 amide bonds. The minimum atomic E-state index is -0.430. The lowest BCUT2D eigenvalue weighted by atomic mass is 10.1. The number of hydrogen-bond donors (Lipinski definition) is 2. The van der Waals surface area contributed by atoms with Crippen molar-refractivity contribution in [2.45, 2.75) is 26.4 Å². The second-order valence-corrected chi connectivity index (χ2v) is 5.72. The Morgan fingerprint density at radius 2 is 1.96 bits per heavy atom. The lowest BCUT2D eigenvalue weighted by molar-refractivity contribution is -0.384. The van der Waals surface area contributed by atoms with E-state index in [1.54, 1.807) is 32.2 Å². The summed E-state index contributed by atoms with van der Waals surface area (Å²) >= 11 is 0. The maximum atomic E-state index is 13.7. The zero-order valence-corrected chi connectivity index (χ0v) is 14.4. The number of aryl methyl sites for hydroxylation is 1. The van der Waals surface area contributed by atoms with E-state index in [2.05, 4.69) is 15.6 Å². The second-order valence-electron chi connectivity index (χ2n) is 5.72. The molecule has 1 unspecified atom stereocenters. The first kappa shape index (κ1) is 18.4. The van der Waals surface area contributed by atoms with Crippen LogP contribution >= 0.6 is 0 Å². The summed E-state index contributed by atoms with van der Waals surface area (Å²) in [6.45, 7) is 4.11. The van der Waals surface area contributed by atoms with E-state index < -0.39 is 4.92 Å². The molecule has 2 aromatic carbocycles. The summed E-state index contributed by atoms with van der Waals surface area (Å²) in [5.74, 6) is 0.326. The molecule has 0 radical (unpaired) electrons. The number of guanidine groups is 1. The SMILES string of the molecule is CN=C(NCc1ccc([N+](=O)[O-])cc1)NC(C)c1ccc(C)c(F)c1. The van der Waals surface area contributed by atoms with Crippen molar-refractivity contribution in [1.82, 2.24) is 10.6 Å². The monoisotopic (exact) mass is 344 g/mol. The Labute approximate surface area is 145 Å². The molecule has 2 rings (SSSR count). The molecule has 0 spiro atoms. The van der Waals surface area contributed by atoms with Crippen molar-refractivity contribution in [2.75, 3.05) is 7.05 Å². The van der Waals surface area contributed by atoms with Crippen LogP contribution in [0.25, 0.3) is 0 Å². The molecule has 2 N–H and O–H groups in total. The summed E-state index contributed by atoms with van der Waals surface area (Å²) in [5, 5.41) is 17.0. The van der Waals surface area contributed by atoms with Crippen LogP contribution in [-0.4, -0.2) is 17.9 Å². The Kier molecular flexibility index (Phi) is 6.05. The van der Waals surface area contributed by atoms with Gasteiger partial charge in [-0.25, -0.2) is 4.39 Å². The molecule has 0 saturated heterocycles. The lowest BCUT2D eigenvalue weighted by Gasteiger charge is -2.18. The van der Waals surface area contributed by atoms with E-state index in [4.69, 9.17) is 0 Å². The summed E-state index contributed by atoms with van der Waals surface area (Å²) in [6, 6.07) is 11.3. The molecule has 1 atom stereocenters. The third-order valence-electron chi connectivity index (χ3n) is 3.88. The molecule has 2 aromatic rings. The number of halogens is 1. The minimum absolute atomic E-state index is 0.0567. The molecule has 0 bridgehead atoms. The Balaban J connectivity index is 1.95. The first-order valence-corrected chi connectivity index (χ1v) is 7.87. The Bertz CT molecular complexity index is 775. The number of nitrogens with one attached hydrogen (secondary N) is 2. The van der Waals surface area contributed by atoms with E-state index in [0.717, 1.165) is 11.1 Å². The summed E-state index contributed by atoms with van der Waals surface area (Å²) in [4.78, 5) is 14.4. The van der Waals surface area contributed by atoms with Crippen molar-refractivity contribution in [1.29, 1.82) is 0 Å². The topological polar surface area (TPSA) is 79.6 Å². The Hall–Kier alpha value is -2.96. The van der Waals surface area contributed by atoms with Gasteiger partial charge in [0, 0.05) is 25.7 Å². The van der Waals surface area contributed by atoms with Gasteiger partial charge in [-0.15, -0.1) is 0 Å². The molecule has 0 aromatic heterocycles. The average molecular weight is 344 g/mol. The normalized spacial score (nSPS) is 12.6. The van der Waals surface area contributed by atoms with Crippen LogP contribution in [0.4, 0.5) is 10.1 Å². The first-order chi connectivity index (χ1) is 11.9. The molecule has 0 fully saturated rings. The zero-order chi connectivity index (χ0) is 18.4. The number of aliphatic imine (C=N–C) groups is 1. The predicted octanol–water partition coefficient (Wildman–Crippen LogP) is 3.47. The number of rotatable bonds is 5. The van der Waals surface area contributed by atoms with Crippen molar-refractivity contribution in [3.8, 4) is 0 Å². The largest absolute Gasteiger partial charge is 0.352 e. The van der Waals surface area contributed by atoms with Gasteiger partial charge < -0.3 is 10.6 Å². The molecule has 25 heavy (non-hydrogen) atoms. The number of hydrogen-bond acceptors (Lipinski definition) is 3. The van der Waals surface area contributed by atoms with Crippen LogP contribution in [-0.2, 0) is 6.54 Å². The van der Waals surface area contributed by atoms with Gasteiger partial charge in [0.1, 0.15) is 5.82 Å². The van der Waals surface area contributed by atoms with Crippen LogP contribution in [0.1, 0.15) is 29.7 Å². The fourth-order valence-electron chi connectivity index (χ4n) is 2.28. The lowest BCUT2D eigenvalue weighted by Crippen LogP contribution is -2.38. The third kappa shape index (κ3) is 5.00. The fraction of sp³-hybridized carbons (Fsp3) is 0.278. The molecule has 0 saturated carbocycles. The average Bonchev–Trinajstić information content (AvgIpc) is 2.61. The zero-order valence-electron chi connectivity index (χ0n) is 14.4. The van der Waals surface area contributed by atoms with Crippen LogP contribution in [0.3, 0.4) is 0 Å². The highest BCUT2D eigenvalue weighted by molar-refractivity contribution is 5.80. The summed E-state index contributed by atoms with van der Waals surface area (Å²) < 4.78 is 13.7. The molecule has 0 aliphatic heterocycles. The van der Waals surface area contributed by atoms with Gasteiger partial charge in [-0.05, 0) is 36.6 Å². The van der Waals surface area contributed by atoms with Crippen molar-refractivity contribution >= 4 is 11.6 Å². The van der Waals surface area contributed by atoms with Gasteiger partial charge in [-0.1, -0.05) is 24.3 Å². The van der Waals surface area contributed by atoms with Gasteiger partial charge in [0.05, 0.1) is 11.0 Å². The van der Waals surface area contributed by atoms with Crippen LogP contribution < -0.4 is 10.6 Å². The van der Waals surface area contributed by atoms with Gasteiger partial charge in [-0.2, -0.15) is 0 Å². The van der Waals surface area contributed by atoms with E-state index in [-0.39, 0.29) is 17.5 Å². The molecule has 0 aliphatic rings. The minimum Gasteiger partial charge on any atom is -0.352 e. The number of benzene rings is 2. The molecule has 0 heterocycles. The highest BCUT2D eigenvalue weighted by Crippen LogP contribution is 2.16. The highest BCUT2D eigenvalue weighted by atomic mass is 19.1. The van der Waals surface area contributed by atoms with Crippen LogP contribution in [0, 0.1) is 22.9 Å². The van der Waals surface area contributed by atoms with Gasteiger partial charge in [0.15, 0.2) is 5.96 Å². The van der Waals surface area contributed by atoms with E-state index in [9.17, 15) is 14.5 Å². The van der Waals surface area contributed by atoms with E-state index >= 15 is 0 Å². The summed E-state index contributed by atoms with van der Waals surface area (Å²) in [6.07, 6.45) is 0. The molecule has 6 nitrogen and oxygen atoms in total. The molecular weight excluding hydrogens is 323 g/mol. The maximum absolute atomic E-state index is 13.7. The number of non-ortho nitro benzene ring substituents is 1. The smallest absolute Gasteiger partial charge is 0.269 e. The second kappa shape index (κ2) is 8.23. The van der Waals surface area contributed by atoms with Gasteiger partial charge in [0.2, 0.25) is 0 Å². The van der Waals surface area contributed by atoms with Gasteiger partial charge in [-0.3, -0.25) is 15.1 Å². The van der Waals surface area contributed by atoms with Crippen molar-refractivity contribution in [3.63, 3.8) is 0 Å². The van der Waals surface area contributed by atoms with Crippen LogP contribution in [0.5, 0.6) is 0 Å². The number of nitro groups is 1. The van der Waals surface area contributed by atoms with Gasteiger partial charge in [0.25, 0.3) is 5.69 Å². The Morgan fingerprint density at radius 3 is 2.52 bits per heavy atom. The number of nitro benzene ring substituents is 1. The fourth-order valence-corrected chi connectivity index (χ4v) is 2.28. The molecule has 0 aliphatic carbocycles. The standard InChI is InChI=1S/C18H21FN4O2/c1-12-4-7-15(10-17(12)19)13(2)22-18(20-3)21-11-14-5-8-16(9-6-14)23(24)25/h4-10,13H,11H2,1-3H3,(H2,20,21,22). The predicted molar refractivity (Wildman–Crippen MR) is 96.0 cm³/mol. The first-order valence-electron chi connectivity index (χ1n) is 7.87. The molecule has 7 heteroatoms. The highest BCUT2D eigenvalue weighted by Gasteiger charge is 2.10. The van der Waals surface area contributed by atoms with Crippen LogP contribution in [0.2, 0.25) is 0 Å². The molecule has 132 valence electrons. The Morgan fingerprint density at radius 1 is 1.28 bits per heavy atom.